The number of aromatic nitrogens is 2. The number of nitrogens with one attached hydrogen (secondary N) is 1. The van der Waals surface area contributed by atoms with E-state index in [0.29, 0.717) is 21.9 Å². The summed E-state index contributed by atoms with van der Waals surface area (Å²) in [6.07, 6.45) is 0. The molecule has 0 saturated carbocycles. The lowest BCUT2D eigenvalue weighted by molar-refractivity contribution is 0.974. The van der Waals surface area contributed by atoms with Gasteiger partial charge < -0.3 is 10.2 Å². The van der Waals surface area contributed by atoms with Crippen LogP contribution in [0.3, 0.4) is 0 Å². The molecule has 0 radical (unpaired) electrons. The third kappa shape index (κ3) is 3.44. The molecule has 0 bridgehead atoms. The summed E-state index contributed by atoms with van der Waals surface area (Å²) in [7, 11) is 3.97. The molecule has 0 fully saturated rings. The number of hydrogen-bond donors (Lipinski definition) is 1. The highest BCUT2D eigenvalue weighted by molar-refractivity contribution is 6.31. The lowest BCUT2D eigenvalue weighted by Crippen LogP contribution is -2.22. The summed E-state index contributed by atoms with van der Waals surface area (Å²) in [6.45, 7) is 0. The minimum Gasteiger partial charge on any atom is -0.378 e. The molecule has 3 aromatic carbocycles. The second-order valence-electron chi connectivity index (χ2n) is 6.64. The van der Waals surface area contributed by atoms with Crippen LogP contribution in [0.4, 0.5) is 17.3 Å². The van der Waals surface area contributed by atoms with Gasteiger partial charge in [0.15, 0.2) is 0 Å². The fourth-order valence-corrected chi connectivity index (χ4v) is 3.22. The average molecular weight is 391 g/mol. The van der Waals surface area contributed by atoms with Crippen molar-refractivity contribution in [2.45, 2.75) is 0 Å². The van der Waals surface area contributed by atoms with E-state index in [0.717, 1.165) is 17.1 Å². The van der Waals surface area contributed by atoms with Crippen molar-refractivity contribution < 1.29 is 0 Å². The van der Waals surface area contributed by atoms with E-state index >= 15 is 0 Å². The van der Waals surface area contributed by atoms with Crippen molar-refractivity contribution in [1.82, 2.24) is 9.55 Å². The van der Waals surface area contributed by atoms with E-state index in [1.54, 1.807) is 22.8 Å². The first-order valence-electron chi connectivity index (χ1n) is 8.85. The van der Waals surface area contributed by atoms with E-state index in [-0.39, 0.29) is 5.56 Å². The van der Waals surface area contributed by atoms with Gasteiger partial charge in [0.05, 0.1) is 16.6 Å². The number of benzene rings is 3. The van der Waals surface area contributed by atoms with Crippen molar-refractivity contribution in [3.05, 3.63) is 88.2 Å². The molecular weight excluding hydrogens is 372 g/mol. The van der Waals surface area contributed by atoms with Gasteiger partial charge >= 0.3 is 0 Å². The Morgan fingerprint density at radius 3 is 2.50 bits per heavy atom. The van der Waals surface area contributed by atoms with E-state index in [1.807, 2.05) is 73.6 Å². The number of hydrogen-bond acceptors (Lipinski definition) is 4. The molecule has 0 saturated heterocycles. The van der Waals surface area contributed by atoms with Crippen molar-refractivity contribution in [1.29, 1.82) is 0 Å². The van der Waals surface area contributed by atoms with E-state index in [4.69, 9.17) is 16.6 Å². The highest BCUT2D eigenvalue weighted by Crippen LogP contribution is 2.24. The molecule has 0 amide bonds. The molecule has 0 spiro atoms. The molecular formula is C22H19ClN4O. The Bertz CT molecular complexity index is 1200. The topological polar surface area (TPSA) is 50.2 Å². The molecule has 1 heterocycles. The molecule has 1 aromatic heterocycles. The highest BCUT2D eigenvalue weighted by Gasteiger charge is 2.14. The Hall–Kier alpha value is -3.31. The first kappa shape index (κ1) is 18.1. The van der Waals surface area contributed by atoms with Crippen LogP contribution in [0, 0.1) is 0 Å². The van der Waals surface area contributed by atoms with E-state index < -0.39 is 0 Å². The quantitative estimate of drug-likeness (QED) is 0.541. The standard InChI is InChI=1S/C22H19ClN4O/c1-26(2)18-10-6-7-16(14-18)24-22-25-20-12-11-15(23)13-19(20)21(28)27(22)17-8-4-3-5-9-17/h3-14H,1-2H3,(H,24,25). The van der Waals surface area contributed by atoms with Gasteiger partial charge in [-0.15, -0.1) is 0 Å². The fraction of sp³-hybridized carbons (Fsp3) is 0.0909. The Kier molecular flexibility index (Phi) is 4.75. The lowest BCUT2D eigenvalue weighted by atomic mass is 10.2. The second kappa shape index (κ2) is 7.37. The molecule has 0 unspecified atom stereocenters. The smallest absolute Gasteiger partial charge is 0.267 e. The molecule has 0 aliphatic rings. The number of rotatable bonds is 4. The van der Waals surface area contributed by atoms with Crippen molar-refractivity contribution in [3.8, 4) is 5.69 Å². The summed E-state index contributed by atoms with van der Waals surface area (Å²) in [5.74, 6) is 0.446. The van der Waals surface area contributed by atoms with Crippen molar-refractivity contribution >= 4 is 39.8 Å². The Morgan fingerprint density at radius 1 is 0.964 bits per heavy atom. The van der Waals surface area contributed by atoms with Crippen LogP contribution in [-0.4, -0.2) is 23.6 Å². The average Bonchev–Trinajstić information content (AvgIpc) is 2.70. The third-order valence-corrected chi connectivity index (χ3v) is 4.70. The van der Waals surface area contributed by atoms with Gasteiger partial charge in [-0.3, -0.25) is 4.79 Å². The number of nitrogens with zero attached hydrogens (tertiary/aromatic N) is 3. The van der Waals surface area contributed by atoms with E-state index in [2.05, 4.69) is 5.32 Å². The highest BCUT2D eigenvalue weighted by atomic mass is 35.5. The van der Waals surface area contributed by atoms with Gasteiger partial charge in [0.2, 0.25) is 5.95 Å². The molecule has 28 heavy (non-hydrogen) atoms. The van der Waals surface area contributed by atoms with Crippen molar-refractivity contribution in [3.63, 3.8) is 0 Å². The van der Waals surface area contributed by atoms with Gasteiger partial charge in [-0.2, -0.15) is 0 Å². The summed E-state index contributed by atoms with van der Waals surface area (Å²) >= 11 is 6.11. The maximum atomic E-state index is 13.3. The van der Waals surface area contributed by atoms with Gasteiger partial charge in [0.25, 0.3) is 5.56 Å². The van der Waals surface area contributed by atoms with Crippen LogP contribution in [-0.2, 0) is 0 Å². The third-order valence-electron chi connectivity index (χ3n) is 4.46. The molecule has 140 valence electrons. The summed E-state index contributed by atoms with van der Waals surface area (Å²) < 4.78 is 1.57. The fourth-order valence-electron chi connectivity index (χ4n) is 3.05. The van der Waals surface area contributed by atoms with E-state index in [1.165, 1.54) is 0 Å². The van der Waals surface area contributed by atoms with Crippen molar-refractivity contribution in [2.24, 2.45) is 0 Å². The first-order chi connectivity index (χ1) is 13.5. The van der Waals surface area contributed by atoms with E-state index in [9.17, 15) is 4.79 Å². The minimum atomic E-state index is -0.176. The SMILES string of the molecule is CN(C)c1cccc(Nc2nc3ccc(Cl)cc3c(=O)n2-c2ccccc2)c1. The van der Waals surface area contributed by atoms with Gasteiger partial charge in [-0.1, -0.05) is 35.9 Å². The number of para-hydroxylation sites is 1. The maximum absolute atomic E-state index is 13.3. The van der Waals surface area contributed by atoms with Gasteiger partial charge in [-0.25, -0.2) is 9.55 Å². The monoisotopic (exact) mass is 390 g/mol. The predicted molar refractivity (Wildman–Crippen MR) is 116 cm³/mol. The minimum absolute atomic E-state index is 0.176. The van der Waals surface area contributed by atoms with Crippen LogP contribution < -0.4 is 15.8 Å². The first-order valence-corrected chi connectivity index (χ1v) is 9.23. The van der Waals surface area contributed by atoms with Gasteiger partial charge in [0, 0.05) is 30.5 Å². The molecule has 0 atom stereocenters. The Balaban J connectivity index is 1.93. The van der Waals surface area contributed by atoms with Gasteiger partial charge in [-0.05, 0) is 48.5 Å². The van der Waals surface area contributed by atoms with Crippen LogP contribution in [0.25, 0.3) is 16.6 Å². The van der Waals surface area contributed by atoms with Crippen molar-refractivity contribution in [2.75, 3.05) is 24.3 Å². The summed E-state index contributed by atoms with van der Waals surface area (Å²) in [5.41, 5.74) is 3.04. The van der Waals surface area contributed by atoms with Gasteiger partial charge in [0.1, 0.15) is 0 Å². The lowest BCUT2D eigenvalue weighted by Gasteiger charge is -2.17. The largest absolute Gasteiger partial charge is 0.378 e. The number of halogens is 1. The summed E-state index contributed by atoms with van der Waals surface area (Å²) in [5, 5.41) is 4.29. The molecule has 5 nitrogen and oxygen atoms in total. The van der Waals surface area contributed by atoms with Crippen LogP contribution in [0.2, 0.25) is 5.02 Å². The summed E-state index contributed by atoms with van der Waals surface area (Å²) in [4.78, 5) is 20.0. The molecule has 1 N–H and O–H groups in total. The predicted octanol–water partition coefficient (Wildman–Crippen LogP) is 4.85. The number of anilines is 3. The normalized spacial score (nSPS) is 10.8. The second-order valence-corrected chi connectivity index (χ2v) is 7.08. The van der Waals surface area contributed by atoms with Crippen LogP contribution >= 0.6 is 11.6 Å². The number of fused-ring (bicyclic) bond motifs is 1. The molecule has 4 rings (SSSR count). The zero-order valence-corrected chi connectivity index (χ0v) is 16.3. The van der Waals surface area contributed by atoms with Crippen LogP contribution in [0.5, 0.6) is 0 Å². The van der Waals surface area contributed by atoms with Crippen LogP contribution in [0.15, 0.2) is 77.6 Å². The zero-order valence-electron chi connectivity index (χ0n) is 15.6. The Labute approximate surface area is 167 Å². The Morgan fingerprint density at radius 2 is 1.75 bits per heavy atom. The molecule has 6 heteroatoms. The molecule has 0 aliphatic heterocycles. The van der Waals surface area contributed by atoms with Crippen LogP contribution in [0.1, 0.15) is 0 Å². The summed E-state index contributed by atoms with van der Waals surface area (Å²) in [6, 6.07) is 22.5. The zero-order chi connectivity index (χ0) is 19.7. The maximum Gasteiger partial charge on any atom is 0.267 e. The molecule has 4 aromatic rings. The molecule has 0 aliphatic carbocycles.